The number of hydrogen-bond acceptors (Lipinski definition) is 3. The molecule has 0 aromatic heterocycles. The van der Waals surface area contributed by atoms with Gasteiger partial charge in [-0.25, -0.2) is 0 Å². The maximum absolute atomic E-state index is 11.9. The number of nitrogens with one attached hydrogen (secondary N) is 1. The van der Waals surface area contributed by atoms with E-state index < -0.39 is 0 Å². The maximum Gasteiger partial charge on any atom is 0.227 e. The van der Waals surface area contributed by atoms with E-state index in [1.165, 1.54) is 0 Å². The molecular weight excluding hydrogens is 232 g/mol. The highest BCUT2D eigenvalue weighted by Crippen LogP contribution is 2.41. The van der Waals surface area contributed by atoms with Gasteiger partial charge in [-0.05, 0) is 31.1 Å². The molecule has 0 atom stereocenters. The molecule has 1 N–H and O–H groups in total. The third-order valence-electron chi connectivity index (χ3n) is 4.41. The number of carbonyl (C=O) groups is 3. The maximum atomic E-state index is 11.9. The van der Waals surface area contributed by atoms with Gasteiger partial charge >= 0.3 is 0 Å². The summed E-state index contributed by atoms with van der Waals surface area (Å²) in [6.45, 7) is 1.41. The molecule has 3 fully saturated rings. The molecule has 2 saturated heterocycles. The van der Waals surface area contributed by atoms with Gasteiger partial charge in [0.05, 0.1) is 0 Å². The molecule has 0 unspecified atom stereocenters. The number of nitrogens with zero attached hydrogens (tertiary/aromatic N) is 1. The lowest BCUT2D eigenvalue weighted by molar-refractivity contribution is -0.141. The van der Waals surface area contributed by atoms with Crippen molar-refractivity contribution in [2.45, 2.75) is 38.5 Å². The fourth-order valence-corrected chi connectivity index (χ4v) is 3.13. The molecular formula is C13H18N2O3. The second-order valence-electron chi connectivity index (χ2n) is 5.92. The van der Waals surface area contributed by atoms with Crippen LogP contribution in [0.4, 0.5) is 0 Å². The normalized spacial score (nSPS) is 27.2. The zero-order valence-electron chi connectivity index (χ0n) is 10.4. The zero-order valence-corrected chi connectivity index (χ0v) is 10.4. The molecule has 3 rings (SSSR count). The second kappa shape index (κ2) is 4.07. The van der Waals surface area contributed by atoms with Gasteiger partial charge in [-0.2, -0.15) is 0 Å². The van der Waals surface area contributed by atoms with Crippen LogP contribution in [0.1, 0.15) is 38.5 Å². The largest absolute Gasteiger partial charge is 0.342 e. The van der Waals surface area contributed by atoms with Crippen molar-refractivity contribution in [3.05, 3.63) is 0 Å². The summed E-state index contributed by atoms with van der Waals surface area (Å²) in [5, 5.41) is 2.35. The van der Waals surface area contributed by atoms with Crippen LogP contribution in [-0.4, -0.2) is 35.7 Å². The summed E-state index contributed by atoms with van der Waals surface area (Å²) < 4.78 is 0. The van der Waals surface area contributed by atoms with Crippen LogP contribution in [0.2, 0.25) is 0 Å². The van der Waals surface area contributed by atoms with E-state index in [0.717, 1.165) is 25.7 Å². The van der Waals surface area contributed by atoms with Crippen molar-refractivity contribution in [1.29, 1.82) is 0 Å². The Morgan fingerprint density at radius 3 is 2.17 bits per heavy atom. The van der Waals surface area contributed by atoms with Gasteiger partial charge in [0.2, 0.25) is 17.7 Å². The highest BCUT2D eigenvalue weighted by molar-refractivity contribution is 5.98. The minimum atomic E-state index is -0.181. The van der Waals surface area contributed by atoms with Crippen molar-refractivity contribution in [1.82, 2.24) is 10.2 Å². The molecule has 0 radical (unpaired) electrons. The first kappa shape index (κ1) is 11.7. The molecule has 1 spiro atoms. The van der Waals surface area contributed by atoms with E-state index in [4.69, 9.17) is 0 Å². The molecule has 0 bridgehead atoms. The summed E-state index contributed by atoms with van der Waals surface area (Å²) in [4.78, 5) is 36.8. The van der Waals surface area contributed by atoms with Crippen LogP contribution in [0.15, 0.2) is 0 Å². The average Bonchev–Trinajstić information content (AvgIpc) is 3.11. The number of carbonyl (C=O) groups excluding carboxylic acids is 3. The number of rotatable bonds is 1. The zero-order chi connectivity index (χ0) is 12.8. The quantitative estimate of drug-likeness (QED) is 0.687. The lowest BCUT2D eigenvalue weighted by Gasteiger charge is -2.43. The van der Waals surface area contributed by atoms with E-state index in [2.05, 4.69) is 5.32 Å². The Kier molecular flexibility index (Phi) is 2.64. The predicted octanol–water partition coefficient (Wildman–Crippen LogP) is 0.442. The molecule has 2 heterocycles. The molecule has 3 aliphatic rings. The van der Waals surface area contributed by atoms with Gasteiger partial charge in [0.15, 0.2) is 0 Å². The first-order valence-corrected chi connectivity index (χ1v) is 6.69. The highest BCUT2D eigenvalue weighted by atomic mass is 16.2. The van der Waals surface area contributed by atoms with E-state index >= 15 is 0 Å². The van der Waals surface area contributed by atoms with Crippen molar-refractivity contribution in [2.24, 2.45) is 11.3 Å². The molecule has 0 aromatic carbocycles. The van der Waals surface area contributed by atoms with Crippen molar-refractivity contribution in [3.63, 3.8) is 0 Å². The number of piperidine rings is 2. The molecule has 1 saturated carbocycles. The fourth-order valence-electron chi connectivity index (χ4n) is 3.13. The first-order chi connectivity index (χ1) is 8.58. The summed E-state index contributed by atoms with van der Waals surface area (Å²) in [6.07, 6.45) is 4.49. The van der Waals surface area contributed by atoms with Crippen LogP contribution in [0.3, 0.4) is 0 Å². The van der Waals surface area contributed by atoms with Crippen LogP contribution in [0.25, 0.3) is 0 Å². The standard InChI is InChI=1S/C13H18N2O3/c16-10-7-13(8-11(17)14-10)3-5-15(6-4-13)12(18)9-1-2-9/h9H,1-8H2,(H,14,16,17). The monoisotopic (exact) mass is 250 g/mol. The Balaban J connectivity index is 1.63. The van der Waals surface area contributed by atoms with Gasteiger partial charge in [-0.1, -0.05) is 0 Å². The minimum Gasteiger partial charge on any atom is -0.342 e. The number of likely N-dealkylation sites (tertiary alicyclic amines) is 1. The summed E-state index contributed by atoms with van der Waals surface area (Å²) in [6, 6.07) is 0. The molecule has 5 heteroatoms. The van der Waals surface area contributed by atoms with Crippen LogP contribution in [0, 0.1) is 11.3 Å². The van der Waals surface area contributed by atoms with E-state index in [9.17, 15) is 14.4 Å². The van der Waals surface area contributed by atoms with Gasteiger partial charge in [-0.15, -0.1) is 0 Å². The van der Waals surface area contributed by atoms with Gasteiger partial charge < -0.3 is 4.90 Å². The van der Waals surface area contributed by atoms with Crippen molar-refractivity contribution < 1.29 is 14.4 Å². The van der Waals surface area contributed by atoms with Crippen LogP contribution < -0.4 is 5.32 Å². The third-order valence-corrected chi connectivity index (χ3v) is 4.41. The Morgan fingerprint density at radius 1 is 1.11 bits per heavy atom. The Hall–Kier alpha value is -1.39. The summed E-state index contributed by atoms with van der Waals surface area (Å²) in [7, 11) is 0. The molecule has 18 heavy (non-hydrogen) atoms. The minimum absolute atomic E-state index is 0.159. The molecule has 5 nitrogen and oxygen atoms in total. The van der Waals surface area contributed by atoms with Crippen LogP contribution in [0.5, 0.6) is 0 Å². The topological polar surface area (TPSA) is 66.5 Å². The van der Waals surface area contributed by atoms with Gasteiger partial charge in [0, 0.05) is 31.8 Å². The first-order valence-electron chi connectivity index (χ1n) is 6.69. The van der Waals surface area contributed by atoms with Crippen molar-refractivity contribution in [3.8, 4) is 0 Å². The summed E-state index contributed by atoms with van der Waals surface area (Å²) >= 11 is 0. The number of imide groups is 1. The lowest BCUT2D eigenvalue weighted by atomic mass is 9.71. The Bertz CT molecular complexity index is 388. The Labute approximate surface area is 106 Å². The van der Waals surface area contributed by atoms with E-state index in [0.29, 0.717) is 25.9 Å². The second-order valence-corrected chi connectivity index (χ2v) is 5.92. The molecule has 2 aliphatic heterocycles. The van der Waals surface area contributed by atoms with Gasteiger partial charge in [0.1, 0.15) is 0 Å². The molecule has 1 aliphatic carbocycles. The fraction of sp³-hybridized carbons (Fsp3) is 0.769. The highest BCUT2D eigenvalue weighted by Gasteiger charge is 2.44. The summed E-state index contributed by atoms with van der Waals surface area (Å²) in [5.74, 6) is 0.216. The van der Waals surface area contributed by atoms with Crippen molar-refractivity contribution >= 4 is 17.7 Å². The van der Waals surface area contributed by atoms with Crippen LogP contribution in [-0.2, 0) is 14.4 Å². The smallest absolute Gasteiger partial charge is 0.227 e. The van der Waals surface area contributed by atoms with E-state index in [1.54, 1.807) is 0 Å². The number of amides is 3. The van der Waals surface area contributed by atoms with Gasteiger partial charge in [-0.3, -0.25) is 19.7 Å². The third kappa shape index (κ3) is 2.13. The van der Waals surface area contributed by atoms with Crippen LogP contribution >= 0.6 is 0 Å². The summed E-state index contributed by atoms with van der Waals surface area (Å²) in [5.41, 5.74) is -0.181. The van der Waals surface area contributed by atoms with Gasteiger partial charge in [0.25, 0.3) is 0 Å². The predicted molar refractivity (Wildman–Crippen MR) is 63.4 cm³/mol. The SMILES string of the molecule is O=C1CC2(CCN(C(=O)C3CC3)CC2)CC(=O)N1. The molecule has 0 aromatic rings. The van der Waals surface area contributed by atoms with E-state index in [-0.39, 0.29) is 29.1 Å². The van der Waals surface area contributed by atoms with E-state index in [1.807, 2.05) is 4.90 Å². The number of hydrogen-bond donors (Lipinski definition) is 1. The average molecular weight is 250 g/mol. The molecule has 98 valence electrons. The molecule has 3 amide bonds. The Morgan fingerprint density at radius 2 is 1.67 bits per heavy atom. The van der Waals surface area contributed by atoms with Crippen molar-refractivity contribution in [2.75, 3.05) is 13.1 Å². The lowest BCUT2D eigenvalue weighted by Crippen LogP contribution is -2.51.